The molecule has 1 aromatic heterocycles. The molecule has 326 valence electrons. The number of thiophene rings is 1. The molecule has 3 aliphatic carbocycles. The molecule has 0 amide bonds. The first-order valence-electron chi connectivity index (χ1n) is 24.3. The molecule has 0 radical (unpaired) electrons. The van der Waals surface area contributed by atoms with Gasteiger partial charge in [-0.3, -0.25) is 0 Å². The van der Waals surface area contributed by atoms with Gasteiger partial charge in [0.15, 0.2) is 0 Å². The van der Waals surface area contributed by atoms with Crippen molar-refractivity contribution in [2.24, 2.45) is 0 Å². The predicted octanol–water partition coefficient (Wildman–Crippen LogP) is 17.9. The van der Waals surface area contributed by atoms with E-state index in [9.17, 15) is 0 Å². The van der Waals surface area contributed by atoms with Crippen molar-refractivity contribution < 1.29 is 0 Å². The van der Waals surface area contributed by atoms with Gasteiger partial charge in [0.05, 0.1) is 10.8 Å². The van der Waals surface area contributed by atoms with Gasteiger partial charge in [0, 0.05) is 37.2 Å². The third-order valence-electron chi connectivity index (χ3n) is 15.8. The maximum Gasteiger partial charge on any atom is 0.0726 e. The van der Waals surface area contributed by atoms with Gasteiger partial charge in [-0.25, -0.2) is 0 Å². The highest BCUT2D eigenvalue weighted by Gasteiger charge is 2.52. The summed E-state index contributed by atoms with van der Waals surface area (Å²) in [5, 5.41) is 2.63. The van der Waals surface area contributed by atoms with Crippen molar-refractivity contribution in [3.63, 3.8) is 0 Å². The van der Waals surface area contributed by atoms with E-state index in [1.54, 1.807) is 0 Å². The van der Waals surface area contributed by atoms with Crippen LogP contribution in [0.1, 0.15) is 44.5 Å². The Kier molecular flexibility index (Phi) is 8.43. The van der Waals surface area contributed by atoms with Crippen LogP contribution >= 0.6 is 11.3 Å². The minimum absolute atomic E-state index is 0.468. The Balaban J connectivity index is 0.972. The monoisotopic (exact) mass is 905 g/mol. The smallest absolute Gasteiger partial charge is 0.0726 e. The lowest BCUT2D eigenvalue weighted by Gasteiger charge is -2.35. The van der Waals surface area contributed by atoms with E-state index in [1.165, 1.54) is 109 Å². The quantitative estimate of drug-likeness (QED) is 0.161. The Morgan fingerprint density at radius 1 is 0.257 bits per heavy atom. The molecular formula is C68H43NS. The predicted molar refractivity (Wildman–Crippen MR) is 293 cm³/mol. The molecule has 11 aromatic carbocycles. The second kappa shape index (κ2) is 15.0. The normalized spacial score (nSPS) is 13.9. The molecule has 0 saturated heterocycles. The van der Waals surface area contributed by atoms with Crippen molar-refractivity contribution in [2.75, 3.05) is 4.90 Å². The fraction of sp³-hybridized carbons (Fsp3) is 0.0294. The van der Waals surface area contributed by atoms with Gasteiger partial charge in [-0.2, -0.15) is 0 Å². The van der Waals surface area contributed by atoms with E-state index in [0.29, 0.717) is 0 Å². The molecule has 2 heteroatoms. The number of anilines is 3. The molecule has 1 nitrogen and oxygen atoms in total. The van der Waals surface area contributed by atoms with E-state index >= 15 is 0 Å². The third kappa shape index (κ3) is 5.31. The summed E-state index contributed by atoms with van der Waals surface area (Å²) in [6.45, 7) is 0. The molecule has 1 heterocycles. The highest BCUT2D eigenvalue weighted by molar-refractivity contribution is 7.25. The van der Waals surface area contributed by atoms with Crippen LogP contribution in [-0.4, -0.2) is 0 Å². The van der Waals surface area contributed by atoms with Gasteiger partial charge in [0.1, 0.15) is 0 Å². The molecule has 0 bridgehead atoms. The van der Waals surface area contributed by atoms with E-state index in [-0.39, 0.29) is 0 Å². The number of hydrogen-bond acceptors (Lipinski definition) is 2. The Morgan fingerprint density at radius 2 is 0.657 bits per heavy atom. The average Bonchev–Trinajstić information content (AvgIpc) is 4.14. The highest BCUT2D eigenvalue weighted by Crippen LogP contribution is 2.64. The molecule has 0 unspecified atom stereocenters. The summed E-state index contributed by atoms with van der Waals surface area (Å²) >= 11 is 1.87. The van der Waals surface area contributed by atoms with Crippen LogP contribution in [0.3, 0.4) is 0 Å². The average molecular weight is 906 g/mol. The Hall–Kier alpha value is -8.56. The molecule has 15 rings (SSSR count). The number of fused-ring (bicyclic) bond motifs is 16. The SMILES string of the molecule is c1ccc(C2(c3ccccc3)c3ccccc3-c3ccc(N(c4ccc(-c5ccc6sc7ccccc7c6c5)cc4)c4ccc5c(c4)C4(c6ccccc6-c6ccccc64)c4ccccc4-5)cc32)cc1. The van der Waals surface area contributed by atoms with Gasteiger partial charge in [-0.15, -0.1) is 11.3 Å². The maximum absolute atomic E-state index is 2.52. The largest absolute Gasteiger partial charge is 0.310 e. The molecule has 12 aromatic rings. The van der Waals surface area contributed by atoms with Crippen molar-refractivity contribution in [2.45, 2.75) is 10.8 Å². The van der Waals surface area contributed by atoms with Gasteiger partial charge in [-0.05, 0) is 144 Å². The lowest BCUT2D eigenvalue weighted by Crippen LogP contribution is -2.28. The van der Waals surface area contributed by atoms with Crippen LogP contribution in [-0.2, 0) is 10.8 Å². The van der Waals surface area contributed by atoms with Gasteiger partial charge < -0.3 is 4.90 Å². The Bertz CT molecular complexity index is 3860. The van der Waals surface area contributed by atoms with Crippen molar-refractivity contribution in [3.8, 4) is 44.5 Å². The lowest BCUT2D eigenvalue weighted by molar-refractivity contribution is 0.768. The second-order valence-electron chi connectivity index (χ2n) is 19.1. The number of hydrogen-bond donors (Lipinski definition) is 0. The van der Waals surface area contributed by atoms with Crippen LogP contribution in [0.25, 0.3) is 64.7 Å². The molecular weight excluding hydrogens is 863 g/mol. The van der Waals surface area contributed by atoms with Crippen LogP contribution in [0, 0.1) is 0 Å². The number of nitrogens with zero attached hydrogens (tertiary/aromatic N) is 1. The van der Waals surface area contributed by atoms with Crippen LogP contribution in [0.15, 0.2) is 261 Å². The second-order valence-corrected chi connectivity index (χ2v) is 20.1. The number of rotatable bonds is 6. The van der Waals surface area contributed by atoms with Crippen LogP contribution in [0.2, 0.25) is 0 Å². The summed E-state index contributed by atoms with van der Waals surface area (Å²) in [7, 11) is 0. The summed E-state index contributed by atoms with van der Waals surface area (Å²) < 4.78 is 2.64. The third-order valence-corrected chi connectivity index (χ3v) is 16.9. The van der Waals surface area contributed by atoms with E-state index in [0.717, 1.165) is 17.1 Å². The Morgan fingerprint density at radius 3 is 1.20 bits per heavy atom. The van der Waals surface area contributed by atoms with Crippen molar-refractivity contribution in [3.05, 3.63) is 305 Å². The van der Waals surface area contributed by atoms with Gasteiger partial charge in [0.2, 0.25) is 0 Å². The minimum Gasteiger partial charge on any atom is -0.310 e. The van der Waals surface area contributed by atoms with Crippen molar-refractivity contribution >= 4 is 48.6 Å². The van der Waals surface area contributed by atoms with Crippen molar-refractivity contribution in [1.29, 1.82) is 0 Å². The maximum atomic E-state index is 2.52. The fourth-order valence-corrected chi connectivity index (χ4v) is 14.0. The summed E-state index contributed by atoms with van der Waals surface area (Å²) in [6.07, 6.45) is 0. The van der Waals surface area contributed by atoms with E-state index < -0.39 is 10.8 Å². The van der Waals surface area contributed by atoms with Crippen molar-refractivity contribution in [1.82, 2.24) is 0 Å². The topological polar surface area (TPSA) is 3.24 Å². The summed E-state index contributed by atoms with van der Waals surface area (Å²) in [4.78, 5) is 2.51. The first-order chi connectivity index (χ1) is 34.7. The van der Waals surface area contributed by atoms with Gasteiger partial charge >= 0.3 is 0 Å². The van der Waals surface area contributed by atoms with Gasteiger partial charge in [-0.1, -0.05) is 206 Å². The molecule has 70 heavy (non-hydrogen) atoms. The summed E-state index contributed by atoms with van der Waals surface area (Å²) in [6, 6.07) is 98.1. The van der Waals surface area contributed by atoms with E-state index in [1.807, 2.05) is 11.3 Å². The van der Waals surface area contributed by atoms with E-state index in [2.05, 4.69) is 266 Å². The lowest BCUT2D eigenvalue weighted by atomic mass is 9.67. The molecule has 0 N–H and O–H groups in total. The molecule has 0 aliphatic heterocycles. The van der Waals surface area contributed by atoms with Gasteiger partial charge in [0.25, 0.3) is 0 Å². The molecule has 0 fully saturated rings. The van der Waals surface area contributed by atoms with Crippen LogP contribution in [0.4, 0.5) is 17.1 Å². The van der Waals surface area contributed by atoms with Crippen LogP contribution < -0.4 is 4.90 Å². The zero-order valence-corrected chi connectivity index (χ0v) is 39.0. The standard InChI is InChI=1S/C68H43NS/c1-3-17-46(18-4-1)67(47-19-5-2-6-20-47)59-26-12-7-23-53(59)55-38-36-49(42-63(55)67)69(48-34-31-44(32-35-48)45-33-40-66-58(41-45)57-25-11-16-30-65(57)70-66)50-37-39-56-54-24-10-15-29-62(54)68(64(56)43-50)60-27-13-8-21-51(60)52-22-9-14-28-61(52)68/h1-43H. The molecule has 0 atom stereocenters. The summed E-state index contributed by atoms with van der Waals surface area (Å²) in [5.74, 6) is 0. The first-order valence-corrected chi connectivity index (χ1v) is 25.1. The minimum atomic E-state index is -0.536. The van der Waals surface area contributed by atoms with Crippen LogP contribution in [0.5, 0.6) is 0 Å². The fourth-order valence-electron chi connectivity index (χ4n) is 12.9. The first kappa shape index (κ1) is 39.4. The van der Waals surface area contributed by atoms with E-state index in [4.69, 9.17) is 0 Å². The molecule has 1 spiro atoms. The Labute approximate surface area is 411 Å². The molecule has 3 aliphatic rings. The zero-order valence-electron chi connectivity index (χ0n) is 38.2. The zero-order chi connectivity index (χ0) is 46.0. The highest BCUT2D eigenvalue weighted by atomic mass is 32.1. The summed E-state index contributed by atoms with van der Waals surface area (Å²) in [5.41, 5.74) is 22.9. The molecule has 0 saturated carbocycles. The number of benzene rings is 11.